The molecule has 0 saturated carbocycles. The van der Waals surface area contributed by atoms with Crippen LogP contribution in [0.25, 0.3) is 11.1 Å². The van der Waals surface area contributed by atoms with Crippen LogP contribution in [0.3, 0.4) is 0 Å². The Labute approximate surface area is 203 Å². The van der Waals surface area contributed by atoms with Gasteiger partial charge < -0.3 is 15.3 Å². The molecule has 0 aliphatic carbocycles. The van der Waals surface area contributed by atoms with Crippen LogP contribution in [0, 0.1) is 6.92 Å². The summed E-state index contributed by atoms with van der Waals surface area (Å²) in [6.07, 6.45) is 0. The summed E-state index contributed by atoms with van der Waals surface area (Å²) in [4.78, 5) is 17.9. The number of piperazine rings is 1. The highest BCUT2D eigenvalue weighted by Gasteiger charge is 2.18. The third-order valence-electron chi connectivity index (χ3n) is 6.66. The van der Waals surface area contributed by atoms with Crippen molar-refractivity contribution in [2.75, 3.05) is 49.5 Å². The van der Waals surface area contributed by atoms with Gasteiger partial charge in [0.15, 0.2) is 0 Å². The largest absolute Gasteiger partial charge is 0.395 e. The van der Waals surface area contributed by atoms with Gasteiger partial charge in [-0.2, -0.15) is 0 Å². The number of nitrogens with zero attached hydrogens (tertiary/aromatic N) is 2. The van der Waals surface area contributed by atoms with E-state index in [0.717, 1.165) is 60.8 Å². The van der Waals surface area contributed by atoms with E-state index in [2.05, 4.69) is 78.4 Å². The summed E-state index contributed by atoms with van der Waals surface area (Å²) in [5.74, 6) is 0.373. The first-order valence-electron chi connectivity index (χ1n) is 12.2. The fourth-order valence-corrected chi connectivity index (χ4v) is 4.60. The van der Waals surface area contributed by atoms with Gasteiger partial charge in [-0.3, -0.25) is 9.69 Å². The molecule has 178 valence electrons. The highest BCUT2D eigenvalue weighted by atomic mass is 16.3. The van der Waals surface area contributed by atoms with Crippen molar-refractivity contribution in [2.45, 2.75) is 26.7 Å². The first-order valence-corrected chi connectivity index (χ1v) is 12.2. The molecule has 34 heavy (non-hydrogen) atoms. The molecular formula is C29H35N3O2. The van der Waals surface area contributed by atoms with Gasteiger partial charge in [-0.25, -0.2) is 0 Å². The van der Waals surface area contributed by atoms with E-state index in [4.69, 9.17) is 5.11 Å². The van der Waals surface area contributed by atoms with Crippen LogP contribution in [0.5, 0.6) is 0 Å². The molecule has 1 aliphatic rings. The number of carbonyl (C=O) groups is 1. The average molecular weight is 458 g/mol. The van der Waals surface area contributed by atoms with Gasteiger partial charge in [-0.1, -0.05) is 50.2 Å². The van der Waals surface area contributed by atoms with Crippen LogP contribution in [-0.2, 0) is 0 Å². The lowest BCUT2D eigenvalue weighted by Crippen LogP contribution is -2.47. The van der Waals surface area contributed by atoms with Crippen LogP contribution in [-0.4, -0.2) is 55.2 Å². The molecule has 0 spiro atoms. The fourth-order valence-electron chi connectivity index (χ4n) is 4.60. The Bertz CT molecular complexity index is 1100. The lowest BCUT2D eigenvalue weighted by molar-refractivity contribution is 0.102. The molecule has 1 amide bonds. The van der Waals surface area contributed by atoms with Gasteiger partial charge >= 0.3 is 0 Å². The summed E-state index contributed by atoms with van der Waals surface area (Å²) in [5, 5.41) is 12.2. The average Bonchev–Trinajstić information content (AvgIpc) is 2.85. The van der Waals surface area contributed by atoms with Crippen LogP contribution < -0.4 is 10.2 Å². The summed E-state index contributed by atoms with van der Waals surface area (Å²) >= 11 is 0. The molecule has 1 fully saturated rings. The predicted molar refractivity (Wildman–Crippen MR) is 141 cm³/mol. The first kappa shape index (κ1) is 24.0. The van der Waals surface area contributed by atoms with Gasteiger partial charge in [0.05, 0.1) is 6.61 Å². The maximum absolute atomic E-state index is 13.3. The number of aliphatic hydroxyl groups is 1. The van der Waals surface area contributed by atoms with E-state index in [-0.39, 0.29) is 12.5 Å². The summed E-state index contributed by atoms with van der Waals surface area (Å²) in [5.41, 5.74) is 7.04. The molecule has 3 aromatic rings. The number of rotatable bonds is 7. The molecule has 3 aromatic carbocycles. The van der Waals surface area contributed by atoms with E-state index in [0.29, 0.717) is 11.5 Å². The Morgan fingerprint density at radius 3 is 2.24 bits per heavy atom. The number of carbonyl (C=O) groups excluding carboxylic acids is 1. The van der Waals surface area contributed by atoms with E-state index < -0.39 is 0 Å². The minimum atomic E-state index is -0.1000. The van der Waals surface area contributed by atoms with Crippen molar-refractivity contribution in [2.24, 2.45) is 0 Å². The quantitative estimate of drug-likeness (QED) is 0.515. The molecule has 5 heteroatoms. The predicted octanol–water partition coefficient (Wildman–Crippen LogP) is 5.15. The van der Waals surface area contributed by atoms with Crippen LogP contribution in [0.4, 0.5) is 11.4 Å². The zero-order valence-corrected chi connectivity index (χ0v) is 20.4. The molecule has 0 atom stereocenters. The summed E-state index contributed by atoms with van der Waals surface area (Å²) < 4.78 is 0. The van der Waals surface area contributed by atoms with Crippen LogP contribution >= 0.6 is 0 Å². The van der Waals surface area contributed by atoms with Gasteiger partial charge in [0.1, 0.15) is 0 Å². The Balaban J connectivity index is 1.48. The van der Waals surface area contributed by atoms with Crippen LogP contribution in [0.2, 0.25) is 0 Å². The minimum Gasteiger partial charge on any atom is -0.395 e. The van der Waals surface area contributed by atoms with Crippen molar-refractivity contribution in [1.82, 2.24) is 4.90 Å². The summed E-state index contributed by atoms with van der Waals surface area (Å²) in [6.45, 7) is 11.1. The van der Waals surface area contributed by atoms with Gasteiger partial charge in [0.2, 0.25) is 0 Å². The Kier molecular flexibility index (Phi) is 7.66. The lowest BCUT2D eigenvalue weighted by Gasteiger charge is -2.35. The second-order valence-electron chi connectivity index (χ2n) is 9.33. The summed E-state index contributed by atoms with van der Waals surface area (Å²) in [7, 11) is 0. The zero-order chi connectivity index (χ0) is 24.1. The number of anilines is 2. The zero-order valence-electron chi connectivity index (χ0n) is 20.4. The SMILES string of the molecule is Cc1cccc(C(=O)Nc2ccc(N3CCN(CCO)CC3)cc2)c1-c1ccc(C(C)C)cc1. The number of amides is 1. The second-order valence-corrected chi connectivity index (χ2v) is 9.33. The van der Waals surface area contributed by atoms with Crippen molar-refractivity contribution in [3.63, 3.8) is 0 Å². The van der Waals surface area contributed by atoms with Gasteiger partial charge in [0.25, 0.3) is 5.91 Å². The first-order chi connectivity index (χ1) is 16.5. The number of aryl methyl sites for hydroxylation is 1. The monoisotopic (exact) mass is 457 g/mol. The van der Waals surface area contributed by atoms with E-state index in [1.165, 1.54) is 5.56 Å². The molecule has 5 nitrogen and oxygen atoms in total. The van der Waals surface area contributed by atoms with Crippen LogP contribution in [0.1, 0.15) is 41.3 Å². The molecule has 2 N–H and O–H groups in total. The lowest BCUT2D eigenvalue weighted by atomic mass is 9.92. The van der Waals surface area contributed by atoms with Crippen LogP contribution in [0.15, 0.2) is 66.7 Å². The maximum atomic E-state index is 13.3. The van der Waals surface area contributed by atoms with E-state index in [1.807, 2.05) is 24.3 Å². The van der Waals surface area contributed by atoms with Gasteiger partial charge in [-0.15, -0.1) is 0 Å². The Hall–Kier alpha value is -3.15. The fraction of sp³-hybridized carbons (Fsp3) is 0.345. The second kappa shape index (κ2) is 10.9. The number of hydrogen-bond acceptors (Lipinski definition) is 4. The topological polar surface area (TPSA) is 55.8 Å². The Morgan fingerprint density at radius 1 is 0.941 bits per heavy atom. The standard InChI is InChI=1S/C29H35N3O2/c1-21(2)23-7-9-24(10-8-23)28-22(3)5-4-6-27(28)29(34)30-25-11-13-26(14-12-25)32-17-15-31(16-18-32)19-20-33/h4-14,21,33H,15-20H2,1-3H3,(H,30,34). The number of hydrogen-bond donors (Lipinski definition) is 2. The Morgan fingerprint density at radius 2 is 1.62 bits per heavy atom. The number of β-amino-alcohol motifs (C(OH)–C–C–N with tert-alkyl or cyclic N) is 1. The molecule has 1 saturated heterocycles. The van der Waals surface area contributed by atoms with Gasteiger partial charge in [-0.05, 0) is 65.4 Å². The number of aliphatic hydroxyl groups excluding tert-OH is 1. The van der Waals surface area contributed by atoms with Gasteiger partial charge in [0, 0.05) is 49.7 Å². The molecule has 1 heterocycles. The van der Waals surface area contributed by atoms with Crippen molar-refractivity contribution in [3.05, 3.63) is 83.4 Å². The molecule has 0 unspecified atom stereocenters. The van der Waals surface area contributed by atoms with Crippen molar-refractivity contribution in [1.29, 1.82) is 0 Å². The summed E-state index contributed by atoms with van der Waals surface area (Å²) in [6, 6.07) is 22.5. The van der Waals surface area contributed by atoms with E-state index >= 15 is 0 Å². The highest BCUT2D eigenvalue weighted by Crippen LogP contribution is 2.30. The third kappa shape index (κ3) is 5.49. The van der Waals surface area contributed by atoms with Crippen molar-refractivity contribution in [3.8, 4) is 11.1 Å². The minimum absolute atomic E-state index is 0.1000. The smallest absolute Gasteiger partial charge is 0.256 e. The maximum Gasteiger partial charge on any atom is 0.256 e. The highest BCUT2D eigenvalue weighted by molar-refractivity contribution is 6.09. The van der Waals surface area contributed by atoms with E-state index in [1.54, 1.807) is 0 Å². The molecule has 1 aliphatic heterocycles. The number of benzene rings is 3. The molecule has 0 bridgehead atoms. The molecular weight excluding hydrogens is 422 g/mol. The van der Waals surface area contributed by atoms with E-state index in [9.17, 15) is 4.79 Å². The number of nitrogens with one attached hydrogen (secondary N) is 1. The molecule has 4 rings (SSSR count). The molecule has 0 aromatic heterocycles. The third-order valence-corrected chi connectivity index (χ3v) is 6.66. The van der Waals surface area contributed by atoms with Crippen molar-refractivity contribution >= 4 is 17.3 Å². The van der Waals surface area contributed by atoms with Crippen molar-refractivity contribution < 1.29 is 9.90 Å². The normalized spacial score (nSPS) is 14.4. The molecule has 0 radical (unpaired) electrons.